The number of nitrogens with zero attached hydrogens (tertiary/aromatic N) is 1. The van der Waals surface area contributed by atoms with Crippen LogP contribution in [-0.4, -0.2) is 48.4 Å². The van der Waals surface area contributed by atoms with Crippen LogP contribution in [0.3, 0.4) is 0 Å². The third-order valence-corrected chi connectivity index (χ3v) is 5.43. The molecule has 132 valence electrons. The SMILES string of the molecule is Cl.O=C(NC1CCN(C(=O)C2CCCCC2)C1)C1CCCCN1. The summed E-state index contributed by atoms with van der Waals surface area (Å²) in [5.41, 5.74) is 0. The molecule has 0 aromatic carbocycles. The van der Waals surface area contributed by atoms with Crippen LogP contribution in [0, 0.1) is 5.92 Å². The molecule has 2 atom stereocenters. The van der Waals surface area contributed by atoms with Gasteiger partial charge in [0.2, 0.25) is 11.8 Å². The quantitative estimate of drug-likeness (QED) is 0.822. The summed E-state index contributed by atoms with van der Waals surface area (Å²) in [6.07, 6.45) is 9.89. The van der Waals surface area contributed by atoms with E-state index < -0.39 is 0 Å². The lowest BCUT2D eigenvalue weighted by Crippen LogP contribution is -2.50. The average molecular weight is 344 g/mol. The van der Waals surface area contributed by atoms with Crippen molar-refractivity contribution in [1.29, 1.82) is 0 Å². The van der Waals surface area contributed by atoms with Crippen LogP contribution < -0.4 is 10.6 Å². The van der Waals surface area contributed by atoms with Gasteiger partial charge in [0, 0.05) is 25.0 Å². The summed E-state index contributed by atoms with van der Waals surface area (Å²) in [4.78, 5) is 26.8. The van der Waals surface area contributed by atoms with E-state index in [1.54, 1.807) is 0 Å². The fraction of sp³-hybridized carbons (Fsp3) is 0.882. The lowest BCUT2D eigenvalue weighted by atomic mass is 9.88. The van der Waals surface area contributed by atoms with Gasteiger partial charge in [-0.05, 0) is 38.6 Å². The van der Waals surface area contributed by atoms with Crippen LogP contribution in [-0.2, 0) is 9.59 Å². The largest absolute Gasteiger partial charge is 0.350 e. The van der Waals surface area contributed by atoms with E-state index in [9.17, 15) is 9.59 Å². The average Bonchev–Trinajstić information content (AvgIpc) is 3.04. The van der Waals surface area contributed by atoms with Crippen LogP contribution in [0.5, 0.6) is 0 Å². The Balaban J connectivity index is 0.00000192. The van der Waals surface area contributed by atoms with Gasteiger partial charge in [0.15, 0.2) is 0 Å². The van der Waals surface area contributed by atoms with Gasteiger partial charge in [0.1, 0.15) is 0 Å². The minimum Gasteiger partial charge on any atom is -0.350 e. The maximum absolute atomic E-state index is 12.5. The Labute approximate surface area is 145 Å². The first-order valence-electron chi connectivity index (χ1n) is 9.06. The Bertz CT molecular complexity index is 407. The molecule has 0 bridgehead atoms. The summed E-state index contributed by atoms with van der Waals surface area (Å²) >= 11 is 0. The molecule has 3 aliphatic rings. The molecule has 0 radical (unpaired) electrons. The second-order valence-corrected chi connectivity index (χ2v) is 7.12. The minimum absolute atomic E-state index is 0. The Hall–Kier alpha value is -0.810. The smallest absolute Gasteiger partial charge is 0.237 e. The number of hydrogen-bond donors (Lipinski definition) is 2. The van der Waals surface area contributed by atoms with Crippen molar-refractivity contribution in [3.8, 4) is 0 Å². The number of nitrogens with one attached hydrogen (secondary N) is 2. The highest BCUT2D eigenvalue weighted by Crippen LogP contribution is 2.26. The van der Waals surface area contributed by atoms with Gasteiger partial charge in [0.05, 0.1) is 6.04 Å². The van der Waals surface area contributed by atoms with Gasteiger partial charge in [-0.25, -0.2) is 0 Å². The fourth-order valence-electron chi connectivity index (χ4n) is 4.06. The van der Waals surface area contributed by atoms with Crippen molar-refractivity contribution in [3.05, 3.63) is 0 Å². The molecule has 1 aliphatic carbocycles. The molecule has 6 heteroatoms. The third-order valence-electron chi connectivity index (χ3n) is 5.43. The van der Waals surface area contributed by atoms with Crippen molar-refractivity contribution >= 4 is 24.2 Å². The number of amides is 2. The Morgan fingerprint density at radius 3 is 2.39 bits per heavy atom. The standard InChI is InChI=1S/C17H29N3O2.ClH/c21-16(15-8-4-5-10-18-15)19-14-9-11-20(12-14)17(22)13-6-2-1-3-7-13;/h13-15,18H,1-12H2,(H,19,21);1H. The van der Waals surface area contributed by atoms with Gasteiger partial charge in [0.25, 0.3) is 0 Å². The predicted octanol–water partition coefficient (Wildman–Crippen LogP) is 1.85. The Morgan fingerprint density at radius 2 is 1.70 bits per heavy atom. The van der Waals surface area contributed by atoms with Gasteiger partial charge in [-0.3, -0.25) is 9.59 Å². The second-order valence-electron chi connectivity index (χ2n) is 7.12. The molecule has 2 amide bonds. The molecule has 0 spiro atoms. The first-order chi connectivity index (χ1) is 10.7. The summed E-state index contributed by atoms with van der Waals surface area (Å²) in [7, 11) is 0. The number of rotatable bonds is 3. The molecule has 2 aliphatic heterocycles. The first kappa shape index (κ1) is 18.5. The summed E-state index contributed by atoms with van der Waals surface area (Å²) in [5, 5.41) is 6.43. The normalized spacial score (nSPS) is 29.0. The maximum atomic E-state index is 12.5. The van der Waals surface area contributed by atoms with Crippen molar-refractivity contribution < 1.29 is 9.59 Å². The van der Waals surface area contributed by atoms with Crippen molar-refractivity contribution in [2.75, 3.05) is 19.6 Å². The maximum Gasteiger partial charge on any atom is 0.237 e. The predicted molar refractivity (Wildman–Crippen MR) is 92.6 cm³/mol. The van der Waals surface area contributed by atoms with E-state index in [1.807, 2.05) is 4.90 Å². The van der Waals surface area contributed by atoms with E-state index in [0.717, 1.165) is 51.6 Å². The molecular formula is C17H30ClN3O2. The molecule has 2 N–H and O–H groups in total. The van der Waals surface area contributed by atoms with Crippen LogP contribution in [0.25, 0.3) is 0 Å². The second kappa shape index (κ2) is 8.88. The van der Waals surface area contributed by atoms with E-state index >= 15 is 0 Å². The fourth-order valence-corrected chi connectivity index (χ4v) is 4.06. The van der Waals surface area contributed by atoms with E-state index in [1.165, 1.54) is 19.3 Å². The molecule has 2 heterocycles. The van der Waals surface area contributed by atoms with E-state index in [2.05, 4.69) is 10.6 Å². The van der Waals surface area contributed by atoms with Crippen molar-refractivity contribution in [2.45, 2.75) is 69.9 Å². The highest BCUT2D eigenvalue weighted by molar-refractivity contribution is 5.85. The van der Waals surface area contributed by atoms with Gasteiger partial charge in [-0.2, -0.15) is 0 Å². The molecule has 1 saturated carbocycles. The molecule has 3 fully saturated rings. The van der Waals surface area contributed by atoms with Crippen molar-refractivity contribution in [3.63, 3.8) is 0 Å². The van der Waals surface area contributed by atoms with Crippen molar-refractivity contribution in [2.24, 2.45) is 5.92 Å². The third kappa shape index (κ3) is 4.83. The summed E-state index contributed by atoms with van der Waals surface area (Å²) in [6, 6.07) is 0.112. The number of halogens is 1. The number of hydrogen-bond acceptors (Lipinski definition) is 3. The molecule has 2 unspecified atom stereocenters. The highest BCUT2D eigenvalue weighted by atomic mass is 35.5. The molecule has 23 heavy (non-hydrogen) atoms. The van der Waals surface area contributed by atoms with Crippen LogP contribution in [0.15, 0.2) is 0 Å². The van der Waals surface area contributed by atoms with Gasteiger partial charge < -0.3 is 15.5 Å². The topological polar surface area (TPSA) is 61.4 Å². The van der Waals surface area contributed by atoms with E-state index in [-0.39, 0.29) is 36.3 Å². The molecule has 0 aromatic rings. The number of piperidine rings is 1. The summed E-state index contributed by atoms with van der Waals surface area (Å²) in [5.74, 6) is 0.687. The summed E-state index contributed by atoms with van der Waals surface area (Å²) < 4.78 is 0. The number of carbonyl (C=O) groups excluding carboxylic acids is 2. The minimum atomic E-state index is -0.0307. The van der Waals surface area contributed by atoms with Gasteiger partial charge in [-0.1, -0.05) is 25.7 Å². The van der Waals surface area contributed by atoms with E-state index in [4.69, 9.17) is 0 Å². The molecule has 0 aromatic heterocycles. The van der Waals surface area contributed by atoms with Crippen LogP contribution >= 0.6 is 12.4 Å². The lowest BCUT2D eigenvalue weighted by Gasteiger charge is -2.27. The molecule has 2 saturated heterocycles. The molecular weight excluding hydrogens is 314 g/mol. The number of likely N-dealkylation sites (tertiary alicyclic amines) is 1. The van der Waals surface area contributed by atoms with E-state index in [0.29, 0.717) is 12.5 Å². The Kier molecular flexibility index (Phi) is 7.15. The first-order valence-corrected chi connectivity index (χ1v) is 9.06. The monoisotopic (exact) mass is 343 g/mol. The van der Waals surface area contributed by atoms with Crippen molar-refractivity contribution in [1.82, 2.24) is 15.5 Å². The summed E-state index contributed by atoms with van der Waals surface area (Å²) in [6.45, 7) is 2.45. The van der Waals surface area contributed by atoms with Gasteiger partial charge in [-0.15, -0.1) is 12.4 Å². The van der Waals surface area contributed by atoms with Crippen LogP contribution in [0.4, 0.5) is 0 Å². The number of carbonyl (C=O) groups is 2. The molecule has 5 nitrogen and oxygen atoms in total. The Morgan fingerprint density at radius 1 is 0.957 bits per heavy atom. The van der Waals surface area contributed by atoms with Gasteiger partial charge >= 0.3 is 0 Å². The zero-order chi connectivity index (χ0) is 15.4. The molecule has 3 rings (SSSR count). The lowest BCUT2D eigenvalue weighted by molar-refractivity contribution is -0.135. The zero-order valence-electron chi connectivity index (χ0n) is 13.9. The highest BCUT2D eigenvalue weighted by Gasteiger charge is 2.33. The zero-order valence-corrected chi connectivity index (χ0v) is 14.7. The van der Waals surface area contributed by atoms with Crippen LogP contribution in [0.2, 0.25) is 0 Å². The van der Waals surface area contributed by atoms with Crippen LogP contribution in [0.1, 0.15) is 57.8 Å².